The summed E-state index contributed by atoms with van der Waals surface area (Å²) in [5.74, 6) is -3.23. The maximum Gasteiger partial charge on any atom is 0.339 e. The van der Waals surface area contributed by atoms with Crippen molar-refractivity contribution in [3.05, 3.63) is 142 Å². The highest BCUT2D eigenvalue weighted by Crippen LogP contribution is 2.39. The molecule has 0 amide bonds. The highest BCUT2D eigenvalue weighted by atomic mass is 127. The third-order valence-corrected chi connectivity index (χ3v) is 8.39. The first-order valence-electron chi connectivity index (χ1n) is 14.7. The quantitative estimate of drug-likeness (QED) is 0.0846. The molecule has 6 aromatic rings. The van der Waals surface area contributed by atoms with Crippen LogP contribution < -0.4 is 0 Å². The summed E-state index contributed by atoms with van der Waals surface area (Å²) in [6, 6.07) is 36.6. The summed E-state index contributed by atoms with van der Waals surface area (Å²) in [6.07, 6.45) is 0. The smallest absolute Gasteiger partial charge is 0.339 e. The van der Waals surface area contributed by atoms with Gasteiger partial charge < -0.3 is 20.4 Å². The summed E-state index contributed by atoms with van der Waals surface area (Å²) in [6.45, 7) is 0. The number of nitrogens with zero attached hydrogens (tertiary/aromatic N) is 4. The molecule has 0 saturated heterocycles. The van der Waals surface area contributed by atoms with Gasteiger partial charge in [0.2, 0.25) is 0 Å². The van der Waals surface area contributed by atoms with E-state index in [0.29, 0.717) is 33.6 Å². The Bertz CT molecular complexity index is 2260. The number of carbonyl (C=O) groups is 2. The number of hydrogen-bond donors (Lipinski definition) is 4. The molecule has 0 aliphatic carbocycles. The van der Waals surface area contributed by atoms with Crippen LogP contribution in [0.2, 0.25) is 0 Å². The van der Waals surface area contributed by atoms with E-state index in [1.54, 1.807) is 78.9 Å². The number of carboxylic acid groups (broad SMARTS) is 2. The molecule has 0 aliphatic heterocycles. The first-order valence-corrected chi connectivity index (χ1v) is 15.8. The molecule has 240 valence electrons. The van der Waals surface area contributed by atoms with Gasteiger partial charge in [0.05, 0.1) is 22.7 Å². The molecule has 0 spiro atoms. The van der Waals surface area contributed by atoms with Crippen LogP contribution in [-0.2, 0) is 0 Å². The molecule has 0 aliphatic rings. The fourth-order valence-electron chi connectivity index (χ4n) is 5.07. The van der Waals surface area contributed by atoms with Gasteiger partial charge in [0.25, 0.3) is 0 Å². The van der Waals surface area contributed by atoms with Crippen LogP contribution in [0.4, 0.5) is 22.7 Å². The minimum Gasteiger partial charge on any atom is -0.506 e. The van der Waals surface area contributed by atoms with Crippen LogP contribution in [0.25, 0.3) is 33.4 Å². The fraction of sp³-hybridized carbons (Fsp3) is 0. The van der Waals surface area contributed by atoms with Crippen molar-refractivity contribution in [2.75, 3.05) is 0 Å². The Labute approximate surface area is 293 Å². The Morgan fingerprint density at radius 3 is 1.39 bits per heavy atom. The monoisotopic (exact) mass is 760 g/mol. The summed E-state index contributed by atoms with van der Waals surface area (Å²) in [5.41, 5.74) is 4.93. The van der Waals surface area contributed by atoms with E-state index in [1.165, 1.54) is 12.1 Å². The van der Waals surface area contributed by atoms with Gasteiger partial charge in [0.1, 0.15) is 22.6 Å². The summed E-state index contributed by atoms with van der Waals surface area (Å²) in [7, 11) is 0. The van der Waals surface area contributed by atoms with Crippen molar-refractivity contribution in [3.63, 3.8) is 0 Å². The van der Waals surface area contributed by atoms with Gasteiger partial charge >= 0.3 is 11.9 Å². The summed E-state index contributed by atoms with van der Waals surface area (Å²) >= 11 is 2.16. The minimum absolute atomic E-state index is 0.270. The van der Waals surface area contributed by atoms with Crippen molar-refractivity contribution in [1.82, 2.24) is 0 Å². The molecule has 10 nitrogen and oxygen atoms in total. The van der Waals surface area contributed by atoms with Gasteiger partial charge in [-0.2, -0.15) is 15.3 Å². The topological polar surface area (TPSA) is 164 Å². The highest BCUT2D eigenvalue weighted by Gasteiger charge is 2.18. The van der Waals surface area contributed by atoms with Gasteiger partial charge in [0.15, 0.2) is 0 Å². The number of benzene rings is 6. The SMILES string of the molecule is O=C(O)c1cc(/N=N/c2ccc(-c3ccc(/N=N/c4cc(C(=O)O)c(O)c(-c5ccccc5)c4)c(I)c3)cc2)cc(-c2ccccc2)c1O. The van der Waals surface area contributed by atoms with Crippen LogP contribution in [0, 0.1) is 3.57 Å². The van der Waals surface area contributed by atoms with Gasteiger partial charge in [-0.3, -0.25) is 0 Å². The van der Waals surface area contributed by atoms with Gasteiger partial charge in [-0.1, -0.05) is 78.9 Å². The number of phenols is 2. The van der Waals surface area contributed by atoms with Crippen molar-refractivity contribution >= 4 is 57.3 Å². The third kappa shape index (κ3) is 7.36. The number of carboxylic acids is 2. The lowest BCUT2D eigenvalue weighted by molar-refractivity contribution is 0.0682. The van der Waals surface area contributed by atoms with Crippen LogP contribution in [0.1, 0.15) is 20.7 Å². The molecule has 0 bridgehead atoms. The van der Waals surface area contributed by atoms with Crippen molar-refractivity contribution in [3.8, 4) is 44.9 Å². The predicted molar refractivity (Wildman–Crippen MR) is 194 cm³/mol. The van der Waals surface area contributed by atoms with E-state index in [1.807, 2.05) is 36.4 Å². The Hall–Kier alpha value is -6.21. The van der Waals surface area contributed by atoms with Crippen LogP contribution in [0.3, 0.4) is 0 Å². The van der Waals surface area contributed by atoms with Crippen molar-refractivity contribution in [1.29, 1.82) is 0 Å². The van der Waals surface area contributed by atoms with E-state index < -0.39 is 11.9 Å². The molecule has 0 saturated carbocycles. The number of aromatic hydroxyl groups is 2. The van der Waals surface area contributed by atoms with E-state index in [4.69, 9.17) is 0 Å². The van der Waals surface area contributed by atoms with E-state index in [9.17, 15) is 30.0 Å². The Balaban J connectivity index is 1.21. The zero-order chi connectivity index (χ0) is 34.5. The second-order valence-corrected chi connectivity index (χ2v) is 11.9. The zero-order valence-corrected chi connectivity index (χ0v) is 27.6. The summed E-state index contributed by atoms with van der Waals surface area (Å²) in [4.78, 5) is 23.6. The summed E-state index contributed by atoms with van der Waals surface area (Å²) in [5, 5.41) is 57.6. The lowest BCUT2D eigenvalue weighted by atomic mass is 10.0. The predicted octanol–water partition coefficient (Wildman–Crippen LogP) is 10.9. The van der Waals surface area contributed by atoms with Crippen molar-refractivity contribution < 1.29 is 30.0 Å². The second-order valence-electron chi connectivity index (χ2n) is 10.7. The second kappa shape index (κ2) is 14.3. The average Bonchev–Trinajstić information content (AvgIpc) is 3.11. The van der Waals surface area contributed by atoms with Gasteiger partial charge in [-0.15, -0.1) is 5.11 Å². The lowest BCUT2D eigenvalue weighted by Crippen LogP contribution is -1.97. The fourth-order valence-corrected chi connectivity index (χ4v) is 5.69. The molecule has 0 unspecified atom stereocenters. The van der Waals surface area contributed by atoms with Crippen LogP contribution in [0.5, 0.6) is 11.5 Å². The molecular weight excluding hydrogens is 735 g/mol. The van der Waals surface area contributed by atoms with Gasteiger partial charge in [-0.25, -0.2) is 9.59 Å². The molecule has 0 atom stereocenters. The molecule has 0 aromatic heterocycles. The first-order chi connectivity index (χ1) is 23.7. The largest absolute Gasteiger partial charge is 0.506 e. The van der Waals surface area contributed by atoms with E-state index >= 15 is 0 Å². The highest BCUT2D eigenvalue weighted by molar-refractivity contribution is 14.1. The number of hydrogen-bond acceptors (Lipinski definition) is 8. The molecule has 0 radical (unpaired) electrons. The standard InChI is InChI=1S/C38H25IN4O6/c39-33-17-25(13-16-34(33)43-42-28-19-30(24-9-5-2-6-10-24)36(45)32(21-28)38(48)49)22-11-14-26(15-12-22)40-41-27-18-29(23-7-3-1-4-8-23)35(44)31(20-27)37(46)47/h1-21,44-45H,(H,46,47)(H,48,49)/b41-40+,43-42+. The third-order valence-electron chi connectivity index (χ3n) is 7.52. The maximum absolute atomic E-state index is 11.8. The van der Waals surface area contributed by atoms with Gasteiger partial charge in [0, 0.05) is 14.7 Å². The van der Waals surface area contributed by atoms with Crippen molar-refractivity contribution in [2.24, 2.45) is 20.5 Å². The Morgan fingerprint density at radius 1 is 0.469 bits per heavy atom. The van der Waals surface area contributed by atoms with Gasteiger partial charge in [-0.05, 0) is 93.4 Å². The van der Waals surface area contributed by atoms with Crippen LogP contribution in [0.15, 0.2) is 148 Å². The van der Waals surface area contributed by atoms with E-state index in [-0.39, 0.29) is 34.0 Å². The zero-order valence-electron chi connectivity index (χ0n) is 25.4. The lowest BCUT2D eigenvalue weighted by Gasteiger charge is -2.09. The molecule has 6 aromatic carbocycles. The van der Waals surface area contributed by atoms with E-state index in [0.717, 1.165) is 14.7 Å². The number of aromatic carboxylic acids is 2. The maximum atomic E-state index is 11.8. The number of azo groups is 2. The molecule has 49 heavy (non-hydrogen) atoms. The van der Waals surface area contributed by atoms with E-state index in [2.05, 4.69) is 43.0 Å². The average molecular weight is 761 g/mol. The normalized spacial score (nSPS) is 11.3. The summed E-state index contributed by atoms with van der Waals surface area (Å²) < 4.78 is 0.805. The molecule has 11 heteroatoms. The first kappa shape index (κ1) is 32.7. The van der Waals surface area contributed by atoms with Crippen molar-refractivity contribution in [2.45, 2.75) is 0 Å². The Morgan fingerprint density at radius 2 is 0.918 bits per heavy atom. The number of rotatable bonds is 9. The molecule has 0 heterocycles. The molecule has 6 rings (SSSR count). The van der Waals surface area contributed by atoms with Crippen LogP contribution in [-0.4, -0.2) is 32.4 Å². The Kier molecular flexibility index (Phi) is 9.53. The van der Waals surface area contributed by atoms with Crippen LogP contribution >= 0.6 is 22.6 Å². The molecule has 4 N–H and O–H groups in total. The molecule has 0 fully saturated rings. The minimum atomic E-state index is -1.27. The number of halogens is 1. The molecular formula is C38H25IN4O6.